The zero-order chi connectivity index (χ0) is 17.2. The van der Waals surface area contributed by atoms with Gasteiger partial charge in [-0.05, 0) is 44.6 Å². The smallest absolute Gasteiger partial charge is 0.203 e. The number of para-hydroxylation sites is 2. The number of aliphatic hydroxyl groups excluding tert-OH is 1. The molecule has 0 saturated heterocycles. The number of fused-ring (bicyclic) bond motifs is 1. The second-order valence-corrected chi connectivity index (χ2v) is 7.61. The summed E-state index contributed by atoms with van der Waals surface area (Å²) in [7, 11) is 4.13. The Hall–Kier alpha value is -1.59. The van der Waals surface area contributed by atoms with E-state index in [2.05, 4.69) is 25.1 Å². The number of rotatable bonds is 6. The van der Waals surface area contributed by atoms with Crippen LogP contribution in [0.5, 0.6) is 0 Å². The average molecular weight is 318 g/mol. The second kappa shape index (κ2) is 6.89. The summed E-state index contributed by atoms with van der Waals surface area (Å²) in [6.45, 7) is 8.34. The molecule has 128 valence electrons. The van der Waals surface area contributed by atoms with Crippen molar-refractivity contribution in [2.24, 2.45) is 5.41 Å². The molecule has 0 radical (unpaired) electrons. The van der Waals surface area contributed by atoms with Gasteiger partial charge in [0, 0.05) is 6.54 Å². The van der Waals surface area contributed by atoms with Crippen molar-refractivity contribution in [3.8, 4) is 0 Å². The Morgan fingerprint density at radius 2 is 1.70 bits per heavy atom. The van der Waals surface area contributed by atoms with Crippen molar-refractivity contribution < 1.29 is 5.11 Å². The molecule has 5 nitrogen and oxygen atoms in total. The van der Waals surface area contributed by atoms with E-state index in [1.54, 1.807) is 0 Å². The summed E-state index contributed by atoms with van der Waals surface area (Å²) >= 11 is 0. The van der Waals surface area contributed by atoms with Crippen molar-refractivity contribution in [2.45, 2.75) is 46.4 Å². The minimum Gasteiger partial charge on any atom is -0.391 e. The van der Waals surface area contributed by atoms with E-state index in [-0.39, 0.29) is 5.41 Å². The van der Waals surface area contributed by atoms with Crippen LogP contribution in [-0.4, -0.2) is 45.9 Å². The first kappa shape index (κ1) is 17.8. The molecule has 0 aliphatic carbocycles. The lowest BCUT2D eigenvalue weighted by Gasteiger charge is -2.26. The van der Waals surface area contributed by atoms with E-state index >= 15 is 0 Å². The normalized spacial score (nSPS) is 13.9. The number of hydrogen-bond acceptors (Lipinski definition) is 3. The van der Waals surface area contributed by atoms with Gasteiger partial charge in [0.25, 0.3) is 0 Å². The molecule has 0 amide bonds. The van der Waals surface area contributed by atoms with E-state index in [0.717, 1.165) is 30.5 Å². The Kier molecular flexibility index (Phi) is 5.32. The van der Waals surface area contributed by atoms with Gasteiger partial charge in [-0.25, -0.2) is 0 Å². The fourth-order valence-electron chi connectivity index (χ4n) is 2.70. The van der Waals surface area contributed by atoms with Gasteiger partial charge < -0.3 is 19.1 Å². The number of aryl methyl sites for hydroxylation is 1. The highest BCUT2D eigenvalue weighted by atomic mass is 16.3. The number of nitrogens with zero attached hydrogens (tertiary/aromatic N) is 3. The Morgan fingerprint density at radius 3 is 2.22 bits per heavy atom. The monoisotopic (exact) mass is 318 g/mol. The molecule has 0 bridgehead atoms. The quantitative estimate of drug-likeness (QED) is 0.858. The van der Waals surface area contributed by atoms with Gasteiger partial charge in [-0.15, -0.1) is 0 Å². The van der Waals surface area contributed by atoms with Crippen LogP contribution in [0.25, 0.3) is 11.0 Å². The summed E-state index contributed by atoms with van der Waals surface area (Å²) in [6.07, 6.45) is 0.511. The van der Waals surface area contributed by atoms with E-state index < -0.39 is 6.10 Å². The predicted molar refractivity (Wildman–Crippen MR) is 94.4 cm³/mol. The second-order valence-electron chi connectivity index (χ2n) is 7.61. The molecule has 0 aliphatic heterocycles. The first-order valence-electron chi connectivity index (χ1n) is 8.27. The third-order valence-corrected chi connectivity index (χ3v) is 4.32. The maximum atomic E-state index is 10.5. The Morgan fingerprint density at radius 1 is 1.13 bits per heavy atom. The third-order valence-electron chi connectivity index (χ3n) is 4.32. The minimum atomic E-state index is -0.488. The number of hydrogen-bond donors (Lipinski definition) is 2. The molecule has 1 unspecified atom stereocenters. The molecular formula is C18H30N4O. The first-order chi connectivity index (χ1) is 10.7. The zero-order valence-electron chi connectivity index (χ0n) is 15.0. The molecule has 0 aliphatic rings. The van der Waals surface area contributed by atoms with Gasteiger partial charge in [-0.1, -0.05) is 32.9 Å². The molecule has 2 rings (SSSR count). The molecule has 23 heavy (non-hydrogen) atoms. The van der Waals surface area contributed by atoms with Gasteiger partial charge in [0.1, 0.15) is 0 Å². The van der Waals surface area contributed by atoms with Crippen LogP contribution in [0.1, 0.15) is 27.2 Å². The van der Waals surface area contributed by atoms with Gasteiger partial charge >= 0.3 is 0 Å². The summed E-state index contributed by atoms with van der Waals surface area (Å²) < 4.78 is 3.98. The molecule has 0 saturated carbocycles. The molecule has 2 aromatic rings. The van der Waals surface area contributed by atoms with Crippen LogP contribution in [0.3, 0.4) is 0 Å². The van der Waals surface area contributed by atoms with E-state index in [9.17, 15) is 5.11 Å². The maximum absolute atomic E-state index is 10.5. The number of nitrogens with one attached hydrogen (secondary N) is 1. The van der Waals surface area contributed by atoms with Crippen LogP contribution in [0.4, 0.5) is 0 Å². The van der Waals surface area contributed by atoms with Crippen LogP contribution in [0.15, 0.2) is 24.3 Å². The highest BCUT2D eigenvalue weighted by Crippen LogP contribution is 2.22. The lowest BCUT2D eigenvalue weighted by atomic mass is 9.89. The summed E-state index contributed by atoms with van der Waals surface area (Å²) in [4.78, 5) is 2.16. The van der Waals surface area contributed by atoms with E-state index in [1.165, 1.54) is 0 Å². The van der Waals surface area contributed by atoms with Gasteiger partial charge in [0.05, 0.1) is 23.7 Å². The Labute approximate surface area is 138 Å². The molecule has 0 spiro atoms. The largest absolute Gasteiger partial charge is 0.391 e. The van der Waals surface area contributed by atoms with E-state index in [0.29, 0.717) is 12.2 Å². The summed E-state index contributed by atoms with van der Waals surface area (Å²) in [5.74, 6) is 0. The molecular weight excluding hydrogens is 288 g/mol. The first-order valence-corrected chi connectivity index (χ1v) is 8.27. The SMILES string of the molecule is CN(C)CCCn1c(=N)n(CC(O)C(C)(C)C)c2ccccc21. The van der Waals surface area contributed by atoms with Crippen LogP contribution >= 0.6 is 0 Å². The molecule has 5 heteroatoms. The third kappa shape index (κ3) is 4.03. The summed E-state index contributed by atoms with van der Waals surface area (Å²) in [5.41, 5.74) is 2.35. The summed E-state index contributed by atoms with van der Waals surface area (Å²) in [5, 5.41) is 19.0. The molecule has 1 heterocycles. The van der Waals surface area contributed by atoms with Crippen LogP contribution in [0.2, 0.25) is 0 Å². The molecule has 1 aromatic heterocycles. The van der Waals surface area contributed by atoms with Crippen molar-refractivity contribution in [1.82, 2.24) is 14.0 Å². The van der Waals surface area contributed by atoms with Crippen molar-refractivity contribution in [3.05, 3.63) is 29.9 Å². The van der Waals surface area contributed by atoms with Crippen LogP contribution < -0.4 is 5.62 Å². The fraction of sp³-hybridized carbons (Fsp3) is 0.611. The molecule has 2 N–H and O–H groups in total. The molecule has 1 aromatic carbocycles. The van der Waals surface area contributed by atoms with Crippen LogP contribution in [-0.2, 0) is 13.1 Å². The Balaban J connectivity index is 2.38. The molecule has 0 fully saturated rings. The standard InChI is InChI=1S/C18H30N4O/c1-18(2,3)16(23)13-22-15-10-7-6-9-14(15)21(17(22)19)12-8-11-20(4)5/h6-7,9-10,16,19,23H,8,11-13H2,1-5H3. The topological polar surface area (TPSA) is 57.2 Å². The van der Waals surface area contributed by atoms with Gasteiger partial charge in [-0.3, -0.25) is 5.41 Å². The fourth-order valence-corrected chi connectivity index (χ4v) is 2.70. The van der Waals surface area contributed by atoms with E-state index in [1.807, 2.05) is 48.1 Å². The summed E-state index contributed by atoms with van der Waals surface area (Å²) in [6, 6.07) is 8.09. The average Bonchev–Trinajstić information content (AvgIpc) is 2.71. The Bertz CT molecular complexity index is 706. The van der Waals surface area contributed by atoms with E-state index in [4.69, 9.17) is 5.41 Å². The lowest BCUT2D eigenvalue weighted by molar-refractivity contribution is 0.0477. The maximum Gasteiger partial charge on any atom is 0.203 e. The van der Waals surface area contributed by atoms with Gasteiger partial charge in [0.2, 0.25) is 5.62 Å². The highest BCUT2D eigenvalue weighted by Gasteiger charge is 2.24. The highest BCUT2D eigenvalue weighted by molar-refractivity contribution is 5.75. The number of aliphatic hydroxyl groups is 1. The van der Waals surface area contributed by atoms with Crippen molar-refractivity contribution in [3.63, 3.8) is 0 Å². The molecule has 1 atom stereocenters. The van der Waals surface area contributed by atoms with Crippen molar-refractivity contribution in [2.75, 3.05) is 20.6 Å². The van der Waals surface area contributed by atoms with Crippen molar-refractivity contribution >= 4 is 11.0 Å². The zero-order valence-corrected chi connectivity index (χ0v) is 15.0. The van der Waals surface area contributed by atoms with Gasteiger partial charge in [-0.2, -0.15) is 0 Å². The number of imidazole rings is 1. The lowest BCUT2D eigenvalue weighted by Crippen LogP contribution is -2.35. The van der Waals surface area contributed by atoms with Gasteiger partial charge in [0.15, 0.2) is 0 Å². The van der Waals surface area contributed by atoms with Crippen molar-refractivity contribution in [1.29, 1.82) is 5.41 Å². The predicted octanol–water partition coefficient (Wildman–Crippen LogP) is 2.28. The minimum absolute atomic E-state index is 0.201. The number of aromatic nitrogens is 2. The van der Waals surface area contributed by atoms with Crippen LogP contribution in [0, 0.1) is 10.8 Å². The number of benzene rings is 1.